The molecular formula is C22H34F2N4O2. The molecule has 1 atom stereocenters. The molecular weight excluding hydrogens is 390 g/mol. The molecule has 168 valence electrons. The second kappa shape index (κ2) is 12.1. The topological polar surface area (TPSA) is 58.1 Å². The summed E-state index contributed by atoms with van der Waals surface area (Å²) >= 11 is 0. The fourth-order valence-corrected chi connectivity index (χ4v) is 3.92. The fraction of sp³-hybridized carbons (Fsp3) is 0.682. The molecule has 2 aliphatic heterocycles. The maximum atomic E-state index is 13.5. The van der Waals surface area contributed by atoms with Crippen LogP contribution < -0.4 is 15.5 Å². The lowest BCUT2D eigenvalue weighted by molar-refractivity contribution is 0.0203. The summed E-state index contributed by atoms with van der Waals surface area (Å²) in [5, 5.41) is 6.69. The van der Waals surface area contributed by atoms with E-state index in [1.54, 1.807) is 13.1 Å². The Balaban J connectivity index is 1.27. The zero-order chi connectivity index (χ0) is 21.2. The minimum Gasteiger partial charge on any atom is -0.381 e. The average Bonchev–Trinajstić information content (AvgIpc) is 3.24. The van der Waals surface area contributed by atoms with Gasteiger partial charge in [-0.25, -0.2) is 8.78 Å². The summed E-state index contributed by atoms with van der Waals surface area (Å²) in [4.78, 5) is 6.37. The van der Waals surface area contributed by atoms with Gasteiger partial charge in [0.25, 0.3) is 0 Å². The van der Waals surface area contributed by atoms with Crippen molar-refractivity contribution in [2.45, 2.75) is 25.7 Å². The van der Waals surface area contributed by atoms with Crippen LogP contribution in [-0.2, 0) is 9.47 Å². The number of rotatable bonds is 9. The van der Waals surface area contributed by atoms with Gasteiger partial charge in [0.1, 0.15) is 0 Å². The third-order valence-electron chi connectivity index (χ3n) is 5.79. The number of nitrogens with zero attached hydrogens (tertiary/aromatic N) is 2. The summed E-state index contributed by atoms with van der Waals surface area (Å²) in [6.45, 7) is 6.54. The van der Waals surface area contributed by atoms with Gasteiger partial charge in [0.15, 0.2) is 17.6 Å². The van der Waals surface area contributed by atoms with Crippen molar-refractivity contribution in [3.63, 3.8) is 0 Å². The molecule has 0 saturated carbocycles. The molecule has 2 fully saturated rings. The summed E-state index contributed by atoms with van der Waals surface area (Å²) in [6.07, 6.45) is 4.13. The van der Waals surface area contributed by atoms with E-state index in [-0.39, 0.29) is 0 Å². The van der Waals surface area contributed by atoms with Crippen LogP contribution in [0.15, 0.2) is 23.2 Å². The molecule has 0 amide bonds. The normalized spacial score (nSPS) is 20.6. The summed E-state index contributed by atoms with van der Waals surface area (Å²) in [6, 6.07) is 4.10. The SMILES string of the molecule is CN=C(NCCCOCC1CCOCC1)NCC1CCN(c2ccc(F)c(F)c2)C1. The van der Waals surface area contributed by atoms with Gasteiger partial charge in [-0.15, -0.1) is 0 Å². The Kier molecular flexibility index (Phi) is 9.14. The van der Waals surface area contributed by atoms with Gasteiger partial charge in [-0.3, -0.25) is 4.99 Å². The van der Waals surface area contributed by atoms with E-state index in [1.165, 1.54) is 12.1 Å². The van der Waals surface area contributed by atoms with Crippen LogP contribution in [0.4, 0.5) is 14.5 Å². The lowest BCUT2D eigenvalue weighted by Gasteiger charge is -2.21. The lowest BCUT2D eigenvalue weighted by Crippen LogP contribution is -2.40. The molecule has 2 aliphatic rings. The average molecular weight is 425 g/mol. The maximum Gasteiger partial charge on any atom is 0.190 e. The molecule has 8 heteroatoms. The van der Waals surface area contributed by atoms with Crippen LogP contribution in [0.5, 0.6) is 0 Å². The van der Waals surface area contributed by atoms with E-state index in [4.69, 9.17) is 9.47 Å². The van der Waals surface area contributed by atoms with Crippen molar-refractivity contribution in [2.75, 3.05) is 64.6 Å². The van der Waals surface area contributed by atoms with Gasteiger partial charge in [-0.05, 0) is 49.7 Å². The molecule has 6 nitrogen and oxygen atoms in total. The number of guanidine groups is 1. The maximum absolute atomic E-state index is 13.5. The van der Waals surface area contributed by atoms with Gasteiger partial charge < -0.3 is 25.0 Å². The van der Waals surface area contributed by atoms with Crippen LogP contribution in [0.2, 0.25) is 0 Å². The highest BCUT2D eigenvalue weighted by atomic mass is 19.2. The van der Waals surface area contributed by atoms with Crippen molar-refractivity contribution in [3.05, 3.63) is 29.8 Å². The molecule has 2 N–H and O–H groups in total. The summed E-state index contributed by atoms with van der Waals surface area (Å²) in [5.41, 5.74) is 0.736. The first-order chi connectivity index (χ1) is 14.7. The Labute approximate surface area is 178 Å². The summed E-state index contributed by atoms with van der Waals surface area (Å²) in [5.74, 6) is 0.249. The number of benzene rings is 1. The first-order valence-corrected chi connectivity index (χ1v) is 11.0. The molecule has 0 radical (unpaired) electrons. The monoisotopic (exact) mass is 424 g/mol. The lowest BCUT2D eigenvalue weighted by atomic mass is 10.0. The smallest absolute Gasteiger partial charge is 0.190 e. The van der Waals surface area contributed by atoms with Crippen LogP contribution in [0, 0.1) is 23.5 Å². The number of anilines is 1. The third-order valence-corrected chi connectivity index (χ3v) is 5.79. The van der Waals surface area contributed by atoms with Crippen LogP contribution in [0.25, 0.3) is 0 Å². The molecule has 1 aromatic rings. The Morgan fingerprint density at radius 2 is 2.00 bits per heavy atom. The van der Waals surface area contributed by atoms with E-state index in [0.29, 0.717) is 11.8 Å². The highest BCUT2D eigenvalue weighted by molar-refractivity contribution is 5.79. The minimum absolute atomic E-state index is 0.430. The fourth-order valence-electron chi connectivity index (χ4n) is 3.92. The summed E-state index contributed by atoms with van der Waals surface area (Å²) in [7, 11) is 1.76. The van der Waals surface area contributed by atoms with Gasteiger partial charge >= 0.3 is 0 Å². The van der Waals surface area contributed by atoms with Gasteiger partial charge in [-0.2, -0.15) is 0 Å². The molecule has 3 rings (SSSR count). The number of hydrogen-bond acceptors (Lipinski definition) is 4. The molecule has 1 unspecified atom stereocenters. The number of hydrogen-bond donors (Lipinski definition) is 2. The molecule has 0 spiro atoms. The van der Waals surface area contributed by atoms with Gasteiger partial charge in [-0.1, -0.05) is 0 Å². The quantitative estimate of drug-likeness (QED) is 0.363. The van der Waals surface area contributed by atoms with E-state index in [2.05, 4.69) is 20.5 Å². The number of aliphatic imine (C=N–C) groups is 1. The Morgan fingerprint density at radius 3 is 2.77 bits per heavy atom. The van der Waals surface area contributed by atoms with Crippen LogP contribution >= 0.6 is 0 Å². The highest BCUT2D eigenvalue weighted by Crippen LogP contribution is 2.25. The van der Waals surface area contributed by atoms with Crippen molar-refractivity contribution < 1.29 is 18.3 Å². The number of ether oxygens (including phenoxy) is 2. The van der Waals surface area contributed by atoms with Crippen LogP contribution in [-0.4, -0.2) is 65.6 Å². The molecule has 0 bridgehead atoms. The molecule has 0 aliphatic carbocycles. The largest absolute Gasteiger partial charge is 0.381 e. The second-order valence-corrected chi connectivity index (χ2v) is 8.06. The minimum atomic E-state index is -0.806. The predicted octanol–water partition coefficient (Wildman–Crippen LogP) is 2.79. The van der Waals surface area contributed by atoms with Gasteiger partial charge in [0, 0.05) is 71.4 Å². The van der Waals surface area contributed by atoms with Crippen molar-refractivity contribution in [1.82, 2.24) is 10.6 Å². The van der Waals surface area contributed by atoms with E-state index in [1.807, 2.05) is 0 Å². The van der Waals surface area contributed by atoms with Crippen molar-refractivity contribution in [3.8, 4) is 0 Å². The second-order valence-electron chi connectivity index (χ2n) is 8.06. The first-order valence-electron chi connectivity index (χ1n) is 11.0. The molecule has 2 heterocycles. The van der Waals surface area contributed by atoms with Gasteiger partial charge in [0.05, 0.1) is 0 Å². The van der Waals surface area contributed by atoms with Crippen LogP contribution in [0.3, 0.4) is 0 Å². The van der Waals surface area contributed by atoms with Crippen molar-refractivity contribution in [1.29, 1.82) is 0 Å². The molecule has 2 saturated heterocycles. The zero-order valence-corrected chi connectivity index (χ0v) is 17.8. The number of nitrogens with one attached hydrogen (secondary N) is 2. The van der Waals surface area contributed by atoms with Gasteiger partial charge in [0.2, 0.25) is 0 Å². The molecule has 30 heavy (non-hydrogen) atoms. The molecule has 1 aromatic carbocycles. The first kappa shape index (κ1) is 22.7. The standard InChI is InChI=1S/C22H34F2N4O2/c1-25-22(26-8-2-10-30-16-17-6-11-29-12-7-17)27-14-18-5-9-28(15-18)19-3-4-20(23)21(24)13-19/h3-4,13,17-18H,2,5-12,14-16H2,1H3,(H2,25,26,27). The Hall–Kier alpha value is -1.93. The van der Waals surface area contributed by atoms with E-state index >= 15 is 0 Å². The summed E-state index contributed by atoms with van der Waals surface area (Å²) < 4.78 is 37.8. The Morgan fingerprint density at radius 1 is 1.17 bits per heavy atom. The zero-order valence-electron chi connectivity index (χ0n) is 17.8. The van der Waals surface area contributed by atoms with Crippen LogP contribution in [0.1, 0.15) is 25.7 Å². The van der Waals surface area contributed by atoms with Crippen molar-refractivity contribution >= 4 is 11.6 Å². The Bertz CT molecular complexity index is 683. The van der Waals surface area contributed by atoms with E-state index < -0.39 is 11.6 Å². The van der Waals surface area contributed by atoms with Crippen molar-refractivity contribution in [2.24, 2.45) is 16.8 Å². The predicted molar refractivity (Wildman–Crippen MR) is 115 cm³/mol. The van der Waals surface area contributed by atoms with E-state index in [9.17, 15) is 8.78 Å². The number of halogens is 2. The third kappa shape index (κ3) is 7.09. The molecule has 0 aromatic heterocycles. The van der Waals surface area contributed by atoms with E-state index in [0.717, 1.165) is 89.9 Å². The highest BCUT2D eigenvalue weighted by Gasteiger charge is 2.23.